The van der Waals surface area contributed by atoms with Gasteiger partial charge in [0, 0.05) is 36.6 Å². The molecule has 0 unspecified atom stereocenters. The molecule has 0 atom stereocenters. The molecule has 0 fully saturated rings. The van der Waals surface area contributed by atoms with E-state index in [-0.39, 0.29) is 13.2 Å². The lowest BCUT2D eigenvalue weighted by atomic mass is 10.0. The zero-order valence-electron chi connectivity index (χ0n) is 19.7. The molecule has 8 nitrogen and oxygen atoms in total. The molecular formula is C25H31N5O3. The predicted octanol–water partition coefficient (Wildman–Crippen LogP) is 3.59. The second-order valence-corrected chi connectivity index (χ2v) is 7.47. The first-order valence-corrected chi connectivity index (χ1v) is 10.3. The normalized spacial score (nSPS) is 11.8. The molecule has 0 aromatic heterocycles. The maximum atomic E-state index is 12.0. The number of nitrogens with one attached hydrogen (secondary N) is 1. The standard InChI is InChI=1S/C25H31N5O3/c1-7-13-32-24(28-5)18(4)23(26)19-11-12-22(17(3)14-19)33-15-20-16(2)9-8-10-21(20)29-25(31)30(6)27/h1,8-12,14H,13,15,26-27H2,2-6H3,(H,29,31). The number of carbonyl (C=O) groups is 1. The number of hydrazine groups is 1. The van der Waals surface area contributed by atoms with Crippen molar-refractivity contribution in [2.75, 3.05) is 26.0 Å². The van der Waals surface area contributed by atoms with Gasteiger partial charge in [-0.05, 0) is 61.7 Å². The lowest BCUT2D eigenvalue weighted by Gasteiger charge is -2.18. The summed E-state index contributed by atoms with van der Waals surface area (Å²) in [5.74, 6) is 9.05. The van der Waals surface area contributed by atoms with Crippen LogP contribution in [0.2, 0.25) is 0 Å². The minimum Gasteiger partial charge on any atom is -0.489 e. The third kappa shape index (κ3) is 6.51. The van der Waals surface area contributed by atoms with Gasteiger partial charge in [0.15, 0.2) is 6.61 Å². The summed E-state index contributed by atoms with van der Waals surface area (Å²) < 4.78 is 11.5. The minimum absolute atomic E-state index is 0.117. The van der Waals surface area contributed by atoms with Crippen LogP contribution in [0.1, 0.15) is 29.2 Å². The molecule has 0 heterocycles. The lowest BCUT2D eigenvalue weighted by molar-refractivity contribution is 0.223. The number of nitrogens with two attached hydrogens (primary N) is 2. The molecular weight excluding hydrogens is 418 g/mol. The van der Waals surface area contributed by atoms with E-state index in [0.29, 0.717) is 28.6 Å². The Morgan fingerprint density at radius 3 is 2.58 bits per heavy atom. The number of terminal acetylenes is 1. The highest BCUT2D eigenvalue weighted by molar-refractivity contribution is 6.00. The molecule has 8 heteroatoms. The van der Waals surface area contributed by atoms with Gasteiger partial charge in [-0.15, -0.1) is 6.42 Å². The molecule has 0 aliphatic carbocycles. The Bertz CT molecular complexity index is 1110. The molecule has 0 saturated heterocycles. The van der Waals surface area contributed by atoms with E-state index in [9.17, 15) is 4.79 Å². The number of anilines is 1. The van der Waals surface area contributed by atoms with Crippen LogP contribution in [-0.4, -0.2) is 37.6 Å². The summed E-state index contributed by atoms with van der Waals surface area (Å²) in [7, 11) is 3.10. The van der Waals surface area contributed by atoms with Crippen molar-refractivity contribution in [2.24, 2.45) is 16.6 Å². The second kappa shape index (κ2) is 11.6. The Balaban J connectivity index is 2.24. The molecule has 0 radical (unpaired) electrons. The number of rotatable bonds is 7. The van der Waals surface area contributed by atoms with Crippen molar-refractivity contribution in [1.29, 1.82) is 0 Å². The van der Waals surface area contributed by atoms with Crippen LogP contribution in [0.3, 0.4) is 0 Å². The van der Waals surface area contributed by atoms with Crippen molar-refractivity contribution in [3.05, 3.63) is 64.2 Å². The fourth-order valence-electron chi connectivity index (χ4n) is 3.13. The van der Waals surface area contributed by atoms with Crippen molar-refractivity contribution in [2.45, 2.75) is 27.4 Å². The number of aryl methyl sites for hydroxylation is 2. The third-order valence-electron chi connectivity index (χ3n) is 5.05. The fourth-order valence-corrected chi connectivity index (χ4v) is 3.13. The average molecular weight is 450 g/mol. The highest BCUT2D eigenvalue weighted by Crippen LogP contribution is 2.27. The van der Waals surface area contributed by atoms with Crippen LogP contribution in [0.4, 0.5) is 10.5 Å². The molecule has 33 heavy (non-hydrogen) atoms. The van der Waals surface area contributed by atoms with Crippen LogP contribution in [0.5, 0.6) is 5.75 Å². The van der Waals surface area contributed by atoms with Gasteiger partial charge in [0.05, 0.1) is 0 Å². The van der Waals surface area contributed by atoms with Gasteiger partial charge in [-0.3, -0.25) is 10.0 Å². The summed E-state index contributed by atoms with van der Waals surface area (Å²) in [5, 5.41) is 3.78. The summed E-state index contributed by atoms with van der Waals surface area (Å²) in [6.45, 7) is 6.12. The van der Waals surface area contributed by atoms with Crippen molar-refractivity contribution in [3.8, 4) is 18.1 Å². The third-order valence-corrected chi connectivity index (χ3v) is 5.05. The van der Waals surface area contributed by atoms with E-state index in [1.807, 2.05) is 57.2 Å². The van der Waals surface area contributed by atoms with E-state index in [2.05, 4.69) is 16.2 Å². The van der Waals surface area contributed by atoms with Crippen LogP contribution in [0.15, 0.2) is 47.0 Å². The number of benzene rings is 2. The molecule has 5 N–H and O–H groups in total. The van der Waals surface area contributed by atoms with E-state index in [4.69, 9.17) is 27.5 Å². The quantitative estimate of drug-likeness (QED) is 0.149. The first-order chi connectivity index (χ1) is 15.7. The number of ether oxygens (including phenoxy) is 2. The lowest BCUT2D eigenvalue weighted by Crippen LogP contribution is -2.37. The topological polar surface area (TPSA) is 115 Å². The van der Waals surface area contributed by atoms with Crippen molar-refractivity contribution in [3.63, 3.8) is 0 Å². The Morgan fingerprint density at radius 1 is 1.24 bits per heavy atom. The molecule has 2 amide bonds. The summed E-state index contributed by atoms with van der Waals surface area (Å²) in [4.78, 5) is 16.1. The number of hydrogen-bond acceptors (Lipinski definition) is 6. The Hall–Kier alpha value is -3.96. The van der Waals surface area contributed by atoms with E-state index in [1.165, 1.54) is 7.05 Å². The first kappa shape index (κ1) is 25.3. The van der Waals surface area contributed by atoms with Crippen LogP contribution in [0, 0.1) is 26.2 Å². The van der Waals surface area contributed by atoms with Crippen molar-refractivity contribution < 1.29 is 14.3 Å². The zero-order valence-corrected chi connectivity index (χ0v) is 19.7. The number of hydrogen-bond donors (Lipinski definition) is 3. The number of carbonyl (C=O) groups excluding carboxylic acids is 1. The number of urea groups is 1. The summed E-state index contributed by atoms with van der Waals surface area (Å²) in [6, 6.07) is 10.9. The monoisotopic (exact) mass is 449 g/mol. The molecule has 0 aliphatic heterocycles. The van der Waals surface area contributed by atoms with Gasteiger partial charge in [-0.2, -0.15) is 0 Å². The van der Waals surface area contributed by atoms with E-state index in [0.717, 1.165) is 27.3 Å². The zero-order chi connectivity index (χ0) is 24.5. The second-order valence-electron chi connectivity index (χ2n) is 7.47. The van der Waals surface area contributed by atoms with Gasteiger partial charge in [-0.25, -0.2) is 10.6 Å². The van der Waals surface area contributed by atoms with Gasteiger partial charge in [0.2, 0.25) is 5.90 Å². The predicted molar refractivity (Wildman–Crippen MR) is 133 cm³/mol. The molecule has 174 valence electrons. The maximum Gasteiger partial charge on any atom is 0.335 e. The Kier molecular flexibility index (Phi) is 8.89. The SMILES string of the molecule is C#CCOC(=NC)C(C)=C(N)c1ccc(OCc2c(C)cccc2NC(=O)N(C)N)c(C)c1. The van der Waals surface area contributed by atoms with Gasteiger partial charge < -0.3 is 20.5 Å². The van der Waals surface area contributed by atoms with Crippen LogP contribution >= 0.6 is 0 Å². The van der Waals surface area contributed by atoms with Gasteiger partial charge in [-0.1, -0.05) is 18.1 Å². The first-order valence-electron chi connectivity index (χ1n) is 10.3. The van der Waals surface area contributed by atoms with Crippen molar-refractivity contribution in [1.82, 2.24) is 5.01 Å². The van der Waals surface area contributed by atoms with Crippen LogP contribution in [-0.2, 0) is 11.3 Å². The van der Waals surface area contributed by atoms with Crippen LogP contribution in [0.25, 0.3) is 5.70 Å². The Morgan fingerprint density at radius 2 is 1.97 bits per heavy atom. The molecule has 2 aromatic carbocycles. The van der Waals surface area contributed by atoms with Gasteiger partial charge in [0.1, 0.15) is 12.4 Å². The smallest absolute Gasteiger partial charge is 0.335 e. The summed E-state index contributed by atoms with van der Waals surface area (Å²) in [5.41, 5.74) is 11.8. The average Bonchev–Trinajstić information content (AvgIpc) is 2.79. The fraction of sp³-hybridized carbons (Fsp3) is 0.280. The molecule has 0 spiro atoms. The highest BCUT2D eigenvalue weighted by atomic mass is 16.5. The molecule has 2 aromatic rings. The van der Waals surface area contributed by atoms with E-state index < -0.39 is 6.03 Å². The molecule has 2 rings (SSSR count). The molecule has 0 bridgehead atoms. The van der Waals surface area contributed by atoms with Gasteiger partial charge >= 0.3 is 6.03 Å². The van der Waals surface area contributed by atoms with E-state index in [1.54, 1.807) is 7.05 Å². The summed E-state index contributed by atoms with van der Waals surface area (Å²) in [6.07, 6.45) is 5.26. The highest BCUT2D eigenvalue weighted by Gasteiger charge is 2.14. The van der Waals surface area contributed by atoms with Crippen LogP contribution < -0.4 is 21.6 Å². The Labute approximate surface area is 195 Å². The minimum atomic E-state index is -0.416. The van der Waals surface area contributed by atoms with E-state index >= 15 is 0 Å². The molecule has 0 aliphatic rings. The van der Waals surface area contributed by atoms with Gasteiger partial charge in [0.25, 0.3) is 0 Å². The number of aliphatic imine (C=N–C) groups is 1. The number of amides is 2. The van der Waals surface area contributed by atoms with Crippen molar-refractivity contribution >= 4 is 23.3 Å². The number of nitrogens with zero attached hydrogens (tertiary/aromatic N) is 2. The summed E-state index contributed by atoms with van der Waals surface area (Å²) >= 11 is 0. The largest absolute Gasteiger partial charge is 0.489 e. The maximum absolute atomic E-state index is 12.0. The molecule has 0 saturated carbocycles.